The summed E-state index contributed by atoms with van der Waals surface area (Å²) in [6.45, 7) is 4.55. The van der Waals surface area contributed by atoms with Gasteiger partial charge in [0, 0.05) is 13.6 Å². The van der Waals surface area contributed by atoms with Gasteiger partial charge in [-0.15, -0.1) is 0 Å². The predicted octanol–water partition coefficient (Wildman–Crippen LogP) is 1.54. The Morgan fingerprint density at radius 1 is 1.28 bits per heavy atom. The Labute approximate surface area is 109 Å². The molecule has 0 saturated carbocycles. The van der Waals surface area contributed by atoms with E-state index in [-0.39, 0.29) is 5.92 Å². The highest BCUT2D eigenvalue weighted by Crippen LogP contribution is 2.05. The summed E-state index contributed by atoms with van der Waals surface area (Å²) in [5.41, 5.74) is 0.925. The molecule has 102 valence electrons. The van der Waals surface area contributed by atoms with Crippen molar-refractivity contribution in [1.82, 2.24) is 9.19 Å². The quantitative estimate of drug-likeness (QED) is 0.766. The van der Waals surface area contributed by atoms with Crippen LogP contribution in [-0.4, -0.2) is 26.4 Å². The Morgan fingerprint density at radius 3 is 2.44 bits per heavy atom. The van der Waals surface area contributed by atoms with Crippen LogP contribution in [0.2, 0.25) is 0 Å². The predicted molar refractivity (Wildman–Crippen MR) is 70.8 cm³/mol. The van der Waals surface area contributed by atoms with Crippen LogP contribution >= 0.6 is 0 Å². The maximum Gasteiger partial charge on any atom is 0.301 e. The lowest BCUT2D eigenvalue weighted by Crippen LogP contribution is -2.38. The summed E-state index contributed by atoms with van der Waals surface area (Å²) in [6, 6.07) is 9.39. The molecule has 5 nitrogen and oxygen atoms in total. The van der Waals surface area contributed by atoms with Crippen molar-refractivity contribution < 1.29 is 13.3 Å². The molecule has 0 saturated heterocycles. The van der Waals surface area contributed by atoms with E-state index in [4.69, 9.17) is 4.84 Å². The first-order chi connectivity index (χ1) is 8.42. The van der Waals surface area contributed by atoms with Crippen molar-refractivity contribution in [3.05, 3.63) is 35.9 Å². The van der Waals surface area contributed by atoms with Gasteiger partial charge in [-0.25, -0.2) is 0 Å². The van der Waals surface area contributed by atoms with Crippen LogP contribution in [0, 0.1) is 5.92 Å². The molecule has 0 amide bonds. The minimum absolute atomic E-state index is 0.270. The molecule has 1 N–H and O–H groups in total. The Balaban J connectivity index is 2.52. The molecule has 0 aliphatic carbocycles. The molecular formula is C12H20N2O3S. The first-order valence-electron chi connectivity index (χ1n) is 5.80. The van der Waals surface area contributed by atoms with Gasteiger partial charge >= 0.3 is 10.2 Å². The Bertz CT molecular complexity index is 446. The van der Waals surface area contributed by atoms with Gasteiger partial charge in [0.1, 0.15) is 0 Å². The van der Waals surface area contributed by atoms with Gasteiger partial charge in [0.05, 0.1) is 6.61 Å². The second-order valence-corrected chi connectivity index (χ2v) is 6.28. The van der Waals surface area contributed by atoms with Crippen LogP contribution in [0.4, 0.5) is 0 Å². The van der Waals surface area contributed by atoms with Crippen molar-refractivity contribution in [1.29, 1.82) is 0 Å². The van der Waals surface area contributed by atoms with Crippen molar-refractivity contribution in [3.63, 3.8) is 0 Å². The van der Waals surface area contributed by atoms with Crippen molar-refractivity contribution in [3.8, 4) is 0 Å². The average Bonchev–Trinajstić information content (AvgIpc) is 2.29. The first-order valence-corrected chi connectivity index (χ1v) is 7.24. The minimum atomic E-state index is -3.59. The van der Waals surface area contributed by atoms with E-state index < -0.39 is 10.2 Å². The highest BCUT2D eigenvalue weighted by molar-refractivity contribution is 7.86. The highest BCUT2D eigenvalue weighted by atomic mass is 32.2. The van der Waals surface area contributed by atoms with E-state index in [1.54, 1.807) is 0 Å². The topological polar surface area (TPSA) is 58.6 Å². The molecule has 0 unspecified atom stereocenters. The van der Waals surface area contributed by atoms with E-state index in [0.29, 0.717) is 13.2 Å². The van der Waals surface area contributed by atoms with E-state index >= 15 is 0 Å². The van der Waals surface area contributed by atoms with Crippen LogP contribution in [0.25, 0.3) is 0 Å². The number of hydrogen-bond acceptors (Lipinski definition) is 3. The van der Waals surface area contributed by atoms with E-state index in [1.165, 1.54) is 11.4 Å². The molecule has 0 bridgehead atoms. The number of nitrogens with zero attached hydrogens (tertiary/aromatic N) is 1. The molecule has 18 heavy (non-hydrogen) atoms. The van der Waals surface area contributed by atoms with E-state index in [0.717, 1.165) is 5.56 Å². The van der Waals surface area contributed by atoms with Gasteiger partial charge in [-0.3, -0.25) is 4.84 Å². The molecule has 1 aromatic rings. The monoisotopic (exact) mass is 272 g/mol. The standard InChI is InChI=1S/C12H20N2O3S/c1-11(2)10-17-13-18(15,16)14(3)9-12-7-5-4-6-8-12/h4-8,11,13H,9-10H2,1-3H3. The molecule has 0 atom stereocenters. The summed E-state index contributed by atoms with van der Waals surface area (Å²) in [7, 11) is -2.09. The van der Waals surface area contributed by atoms with Crippen LogP contribution in [0.15, 0.2) is 30.3 Å². The van der Waals surface area contributed by atoms with Crippen molar-refractivity contribution >= 4 is 10.2 Å². The fourth-order valence-electron chi connectivity index (χ4n) is 1.26. The number of benzene rings is 1. The SMILES string of the molecule is CC(C)CONS(=O)(=O)N(C)Cc1ccccc1. The van der Waals surface area contributed by atoms with Gasteiger partial charge in [-0.1, -0.05) is 49.1 Å². The summed E-state index contributed by atoms with van der Waals surface area (Å²) in [6.07, 6.45) is 0. The van der Waals surface area contributed by atoms with Crippen molar-refractivity contribution in [2.75, 3.05) is 13.7 Å². The molecule has 0 fully saturated rings. The van der Waals surface area contributed by atoms with Crippen LogP contribution in [0.5, 0.6) is 0 Å². The number of rotatable bonds is 7. The summed E-state index contributed by atoms with van der Waals surface area (Å²) in [5.74, 6) is 0.270. The Morgan fingerprint density at radius 2 is 1.89 bits per heavy atom. The van der Waals surface area contributed by atoms with E-state index in [9.17, 15) is 8.42 Å². The molecule has 1 rings (SSSR count). The molecule has 6 heteroatoms. The van der Waals surface area contributed by atoms with Crippen LogP contribution in [0.3, 0.4) is 0 Å². The summed E-state index contributed by atoms with van der Waals surface area (Å²) in [5, 5.41) is 0. The molecule has 0 aromatic heterocycles. The lowest BCUT2D eigenvalue weighted by atomic mass is 10.2. The van der Waals surface area contributed by atoms with Gasteiger partial charge < -0.3 is 0 Å². The molecule has 0 radical (unpaired) electrons. The first kappa shape index (κ1) is 15.1. The second-order valence-electron chi connectivity index (χ2n) is 4.53. The maximum atomic E-state index is 11.8. The zero-order chi connectivity index (χ0) is 13.6. The van der Waals surface area contributed by atoms with E-state index in [1.807, 2.05) is 44.2 Å². The van der Waals surface area contributed by atoms with Crippen LogP contribution in [0.1, 0.15) is 19.4 Å². The molecule has 0 spiro atoms. The van der Waals surface area contributed by atoms with E-state index in [2.05, 4.69) is 4.89 Å². The van der Waals surface area contributed by atoms with Crippen molar-refractivity contribution in [2.45, 2.75) is 20.4 Å². The maximum absolute atomic E-state index is 11.8. The Kier molecular flexibility index (Phi) is 5.74. The highest BCUT2D eigenvalue weighted by Gasteiger charge is 2.17. The molecule has 1 aromatic carbocycles. The van der Waals surface area contributed by atoms with Gasteiger partial charge in [0.2, 0.25) is 0 Å². The lowest BCUT2D eigenvalue weighted by Gasteiger charge is -2.17. The number of nitrogens with one attached hydrogen (secondary N) is 1. The summed E-state index contributed by atoms with van der Waals surface area (Å²) < 4.78 is 24.8. The second kappa shape index (κ2) is 6.84. The third-order valence-electron chi connectivity index (χ3n) is 2.24. The fourth-order valence-corrected chi connectivity index (χ4v) is 1.93. The van der Waals surface area contributed by atoms with Crippen LogP contribution in [-0.2, 0) is 21.6 Å². The zero-order valence-corrected chi connectivity index (χ0v) is 11.8. The van der Waals surface area contributed by atoms with Crippen LogP contribution < -0.4 is 4.89 Å². The third-order valence-corrected chi connectivity index (χ3v) is 3.52. The lowest BCUT2D eigenvalue weighted by molar-refractivity contribution is 0.0679. The zero-order valence-electron chi connectivity index (χ0n) is 11.0. The number of hydrogen-bond donors (Lipinski definition) is 1. The fraction of sp³-hybridized carbons (Fsp3) is 0.500. The normalized spacial score (nSPS) is 12.3. The van der Waals surface area contributed by atoms with Gasteiger partial charge in [0.25, 0.3) is 0 Å². The largest absolute Gasteiger partial charge is 0.301 e. The average molecular weight is 272 g/mol. The van der Waals surface area contributed by atoms with Gasteiger partial charge in [-0.2, -0.15) is 12.7 Å². The summed E-state index contributed by atoms with van der Waals surface area (Å²) in [4.78, 5) is 7.05. The van der Waals surface area contributed by atoms with Gasteiger partial charge in [0.15, 0.2) is 0 Å². The molecule has 0 aliphatic rings. The third kappa shape index (κ3) is 5.14. The smallest absolute Gasteiger partial charge is 0.286 e. The minimum Gasteiger partial charge on any atom is -0.286 e. The molecule has 0 aliphatic heterocycles. The molecular weight excluding hydrogens is 252 g/mol. The van der Waals surface area contributed by atoms with Crippen molar-refractivity contribution in [2.24, 2.45) is 5.92 Å². The summed E-state index contributed by atoms with van der Waals surface area (Å²) >= 11 is 0. The van der Waals surface area contributed by atoms with Gasteiger partial charge in [-0.05, 0) is 11.5 Å². The Hall–Kier alpha value is -0.950. The molecule has 0 heterocycles.